The van der Waals surface area contributed by atoms with Crippen LogP contribution >= 0.6 is 12.4 Å². The Morgan fingerprint density at radius 1 is 0.321 bits per heavy atom. The largest absolute Gasteiger partial charge is 0.399 e. The maximum atomic E-state index is 5.85. The highest BCUT2D eigenvalue weighted by Crippen LogP contribution is 2.33. The SMILES string of the molecule is Cl.Nc1ccc(-c2cc(-c3ccc(N)cc3)cc(-c3ccc(N)cc3)c2)cc1. The topological polar surface area (TPSA) is 78.1 Å². The van der Waals surface area contributed by atoms with E-state index in [1.165, 1.54) is 0 Å². The summed E-state index contributed by atoms with van der Waals surface area (Å²) in [5.41, 5.74) is 26.6. The van der Waals surface area contributed by atoms with Gasteiger partial charge in [-0.15, -0.1) is 12.4 Å². The Balaban J connectivity index is 0.00000225. The van der Waals surface area contributed by atoms with Crippen LogP contribution in [-0.2, 0) is 0 Å². The van der Waals surface area contributed by atoms with Crippen LogP contribution in [0.3, 0.4) is 0 Å². The van der Waals surface area contributed by atoms with Crippen molar-refractivity contribution in [2.75, 3.05) is 17.2 Å². The molecule has 6 N–H and O–H groups in total. The van der Waals surface area contributed by atoms with Gasteiger partial charge in [0.1, 0.15) is 0 Å². The van der Waals surface area contributed by atoms with Crippen molar-refractivity contribution < 1.29 is 0 Å². The van der Waals surface area contributed by atoms with Gasteiger partial charge in [0, 0.05) is 17.1 Å². The minimum absolute atomic E-state index is 0. The average molecular weight is 388 g/mol. The lowest BCUT2D eigenvalue weighted by molar-refractivity contribution is 1.56. The monoisotopic (exact) mass is 387 g/mol. The van der Waals surface area contributed by atoms with Crippen molar-refractivity contribution in [2.24, 2.45) is 0 Å². The Kier molecular flexibility index (Phi) is 5.57. The van der Waals surface area contributed by atoms with Gasteiger partial charge in [-0.25, -0.2) is 0 Å². The Morgan fingerprint density at radius 3 is 0.750 bits per heavy atom. The van der Waals surface area contributed by atoms with Gasteiger partial charge < -0.3 is 17.2 Å². The van der Waals surface area contributed by atoms with E-state index >= 15 is 0 Å². The predicted octanol–water partition coefficient (Wildman–Crippen LogP) is 5.86. The molecule has 0 atom stereocenters. The smallest absolute Gasteiger partial charge is 0.0314 e. The van der Waals surface area contributed by atoms with Gasteiger partial charge in [0.05, 0.1) is 0 Å². The Morgan fingerprint density at radius 2 is 0.536 bits per heavy atom. The van der Waals surface area contributed by atoms with Crippen molar-refractivity contribution >= 4 is 29.5 Å². The predicted molar refractivity (Wildman–Crippen MR) is 123 cm³/mol. The molecule has 0 amide bonds. The molecule has 0 saturated heterocycles. The summed E-state index contributed by atoms with van der Waals surface area (Å²) in [6, 6.07) is 30.4. The second kappa shape index (κ2) is 8.07. The minimum Gasteiger partial charge on any atom is -0.399 e. The van der Waals surface area contributed by atoms with Crippen LogP contribution < -0.4 is 17.2 Å². The molecule has 28 heavy (non-hydrogen) atoms. The maximum absolute atomic E-state index is 5.85. The first-order valence-corrected chi connectivity index (χ1v) is 8.81. The molecule has 0 bridgehead atoms. The highest BCUT2D eigenvalue weighted by Gasteiger charge is 2.08. The lowest BCUT2D eigenvalue weighted by Gasteiger charge is -2.12. The van der Waals surface area contributed by atoms with E-state index in [1.54, 1.807) is 0 Å². The first kappa shape index (κ1) is 19.3. The summed E-state index contributed by atoms with van der Waals surface area (Å²) in [6.07, 6.45) is 0. The molecule has 0 fully saturated rings. The number of nitrogens with two attached hydrogens (primary N) is 3. The molecule has 4 aromatic rings. The fourth-order valence-electron chi connectivity index (χ4n) is 3.15. The molecule has 0 aliphatic rings. The van der Waals surface area contributed by atoms with Gasteiger partial charge in [-0.2, -0.15) is 0 Å². The van der Waals surface area contributed by atoms with Crippen molar-refractivity contribution in [3.63, 3.8) is 0 Å². The van der Waals surface area contributed by atoms with Gasteiger partial charge in [-0.3, -0.25) is 0 Å². The first-order valence-electron chi connectivity index (χ1n) is 8.81. The standard InChI is InChI=1S/C24H21N3.ClH/c25-22-7-1-16(2-8-22)19-13-20(17-3-9-23(26)10-4-17)15-21(14-19)18-5-11-24(27)12-6-18;/h1-15H,25-27H2;1H. The van der Waals surface area contributed by atoms with Crippen molar-refractivity contribution in [3.8, 4) is 33.4 Å². The van der Waals surface area contributed by atoms with E-state index in [0.717, 1.165) is 50.4 Å². The molecule has 140 valence electrons. The second-order valence-electron chi connectivity index (χ2n) is 6.67. The van der Waals surface area contributed by atoms with Crippen LogP contribution in [-0.4, -0.2) is 0 Å². The van der Waals surface area contributed by atoms with Crippen LogP contribution in [0.15, 0.2) is 91.0 Å². The van der Waals surface area contributed by atoms with E-state index in [9.17, 15) is 0 Å². The van der Waals surface area contributed by atoms with E-state index in [0.29, 0.717) is 0 Å². The van der Waals surface area contributed by atoms with E-state index < -0.39 is 0 Å². The molecule has 0 saturated carbocycles. The third kappa shape index (κ3) is 4.11. The van der Waals surface area contributed by atoms with E-state index in [-0.39, 0.29) is 12.4 Å². The van der Waals surface area contributed by atoms with Crippen LogP contribution in [0.2, 0.25) is 0 Å². The zero-order chi connectivity index (χ0) is 18.8. The van der Waals surface area contributed by atoms with Crippen molar-refractivity contribution in [1.29, 1.82) is 0 Å². The summed E-state index contributed by atoms with van der Waals surface area (Å²) >= 11 is 0. The number of halogens is 1. The molecule has 4 heteroatoms. The summed E-state index contributed by atoms with van der Waals surface area (Å²) in [5.74, 6) is 0. The second-order valence-corrected chi connectivity index (χ2v) is 6.67. The Bertz CT molecular complexity index is 916. The number of benzene rings is 4. The Labute approximate surface area is 171 Å². The molecule has 3 nitrogen and oxygen atoms in total. The number of anilines is 3. The zero-order valence-electron chi connectivity index (χ0n) is 15.3. The van der Waals surface area contributed by atoms with Crippen LogP contribution in [0.25, 0.3) is 33.4 Å². The highest BCUT2D eigenvalue weighted by molar-refractivity contribution is 5.85. The molecule has 0 aromatic heterocycles. The quantitative estimate of drug-likeness (QED) is 0.385. The van der Waals surface area contributed by atoms with Crippen molar-refractivity contribution in [3.05, 3.63) is 91.0 Å². The van der Waals surface area contributed by atoms with E-state index in [1.807, 2.05) is 72.8 Å². The fraction of sp³-hybridized carbons (Fsp3) is 0. The number of hydrogen-bond donors (Lipinski definition) is 3. The lowest BCUT2D eigenvalue weighted by atomic mass is 9.93. The molecular formula is C24H22ClN3. The van der Waals surface area contributed by atoms with Gasteiger partial charge in [0.15, 0.2) is 0 Å². The van der Waals surface area contributed by atoms with Gasteiger partial charge in [0.25, 0.3) is 0 Å². The average Bonchev–Trinajstić information content (AvgIpc) is 2.69. The lowest BCUT2D eigenvalue weighted by Crippen LogP contribution is -1.89. The summed E-state index contributed by atoms with van der Waals surface area (Å²) < 4.78 is 0. The Hall–Kier alpha value is -3.43. The zero-order valence-corrected chi connectivity index (χ0v) is 16.1. The fourth-order valence-corrected chi connectivity index (χ4v) is 3.15. The van der Waals surface area contributed by atoms with Gasteiger partial charge in [0.2, 0.25) is 0 Å². The first-order chi connectivity index (χ1) is 13.1. The number of hydrogen-bond acceptors (Lipinski definition) is 3. The molecule has 4 rings (SSSR count). The number of nitrogen functional groups attached to an aromatic ring is 3. The van der Waals surface area contributed by atoms with Crippen LogP contribution in [0, 0.1) is 0 Å². The highest BCUT2D eigenvalue weighted by atomic mass is 35.5. The minimum atomic E-state index is 0. The summed E-state index contributed by atoms with van der Waals surface area (Å²) in [6.45, 7) is 0. The molecule has 0 aliphatic heterocycles. The third-order valence-electron chi connectivity index (χ3n) is 4.67. The molecule has 0 radical (unpaired) electrons. The molecule has 0 spiro atoms. The van der Waals surface area contributed by atoms with Crippen LogP contribution in [0.1, 0.15) is 0 Å². The molecule has 0 heterocycles. The molecular weight excluding hydrogens is 366 g/mol. The third-order valence-corrected chi connectivity index (χ3v) is 4.67. The summed E-state index contributed by atoms with van der Waals surface area (Å²) in [4.78, 5) is 0. The van der Waals surface area contributed by atoms with Gasteiger partial charge in [-0.05, 0) is 88.0 Å². The van der Waals surface area contributed by atoms with Crippen LogP contribution in [0.4, 0.5) is 17.1 Å². The summed E-state index contributed by atoms with van der Waals surface area (Å²) in [5, 5.41) is 0. The normalized spacial score (nSPS) is 10.3. The molecule has 4 aromatic carbocycles. The number of rotatable bonds is 3. The van der Waals surface area contributed by atoms with Crippen molar-refractivity contribution in [1.82, 2.24) is 0 Å². The van der Waals surface area contributed by atoms with Crippen molar-refractivity contribution in [2.45, 2.75) is 0 Å². The van der Waals surface area contributed by atoms with Gasteiger partial charge in [-0.1, -0.05) is 36.4 Å². The van der Waals surface area contributed by atoms with Crippen LogP contribution in [0.5, 0.6) is 0 Å². The maximum Gasteiger partial charge on any atom is 0.0314 e. The van der Waals surface area contributed by atoms with Gasteiger partial charge >= 0.3 is 0 Å². The van der Waals surface area contributed by atoms with E-state index in [4.69, 9.17) is 17.2 Å². The van der Waals surface area contributed by atoms with E-state index in [2.05, 4.69) is 18.2 Å². The molecule has 0 unspecified atom stereocenters. The molecule has 0 aliphatic carbocycles. The summed E-state index contributed by atoms with van der Waals surface area (Å²) in [7, 11) is 0.